The van der Waals surface area contributed by atoms with Crippen LogP contribution in [0.1, 0.15) is 26.7 Å². The maximum atomic E-state index is 12.5. The second-order valence-electron chi connectivity index (χ2n) is 6.83. The molecule has 1 heterocycles. The Kier molecular flexibility index (Phi) is 6.98. The largest absolute Gasteiger partial charge is 0.573 e. The van der Waals surface area contributed by atoms with Crippen LogP contribution in [0.2, 0.25) is 0 Å². The Bertz CT molecular complexity index is 671. The summed E-state index contributed by atoms with van der Waals surface area (Å²) in [5.74, 6) is -0.377. The number of halogens is 3. The van der Waals surface area contributed by atoms with E-state index in [2.05, 4.69) is 10.1 Å². The Labute approximate surface area is 160 Å². The van der Waals surface area contributed by atoms with Crippen molar-refractivity contribution >= 4 is 12.0 Å². The van der Waals surface area contributed by atoms with Crippen LogP contribution in [-0.4, -0.2) is 53.6 Å². The summed E-state index contributed by atoms with van der Waals surface area (Å²) in [5.41, 5.74) is 0. The molecule has 1 aliphatic heterocycles. The van der Waals surface area contributed by atoms with Crippen molar-refractivity contribution in [2.75, 3.05) is 13.1 Å². The number of nitrogens with zero attached hydrogens (tertiary/aromatic N) is 1. The van der Waals surface area contributed by atoms with Crippen molar-refractivity contribution in [3.8, 4) is 11.5 Å². The van der Waals surface area contributed by atoms with Crippen molar-refractivity contribution in [3.05, 3.63) is 24.3 Å². The maximum absolute atomic E-state index is 12.5. The van der Waals surface area contributed by atoms with Gasteiger partial charge < -0.3 is 24.8 Å². The van der Waals surface area contributed by atoms with Crippen LogP contribution in [0.3, 0.4) is 0 Å². The molecule has 7 nitrogen and oxygen atoms in total. The molecule has 28 heavy (non-hydrogen) atoms. The van der Waals surface area contributed by atoms with Crippen LogP contribution < -0.4 is 14.8 Å². The lowest BCUT2D eigenvalue weighted by Crippen LogP contribution is -2.53. The average Bonchev–Trinajstić information content (AvgIpc) is 2.60. The van der Waals surface area contributed by atoms with E-state index in [1.54, 1.807) is 18.7 Å². The lowest BCUT2D eigenvalue weighted by molar-refractivity contribution is -0.274. The van der Waals surface area contributed by atoms with E-state index in [-0.39, 0.29) is 23.7 Å². The number of hydrogen-bond donors (Lipinski definition) is 2. The molecule has 1 fully saturated rings. The molecule has 0 radical (unpaired) electrons. The highest BCUT2D eigenvalue weighted by Crippen LogP contribution is 2.26. The number of benzene rings is 1. The van der Waals surface area contributed by atoms with Crippen molar-refractivity contribution in [2.45, 2.75) is 45.2 Å². The molecule has 0 aromatic heterocycles. The predicted octanol–water partition coefficient (Wildman–Crippen LogP) is 3.25. The van der Waals surface area contributed by atoms with Crippen LogP contribution >= 0.6 is 0 Å². The SMILES string of the molecule is CC(C)[C@H](NC(=O)O)C(=O)N1CCC(Oc2ccc(OC(F)(F)F)cc2)CC1. The van der Waals surface area contributed by atoms with Crippen molar-refractivity contribution in [3.63, 3.8) is 0 Å². The zero-order valence-corrected chi connectivity index (χ0v) is 15.5. The summed E-state index contributed by atoms with van der Waals surface area (Å²) in [4.78, 5) is 25.0. The third-order valence-electron chi connectivity index (χ3n) is 4.33. The van der Waals surface area contributed by atoms with Crippen LogP contribution in [0.4, 0.5) is 18.0 Å². The van der Waals surface area contributed by atoms with E-state index in [1.165, 1.54) is 24.3 Å². The molecule has 0 bridgehead atoms. The van der Waals surface area contributed by atoms with Crippen LogP contribution in [-0.2, 0) is 4.79 Å². The Hall–Kier alpha value is -2.65. The summed E-state index contributed by atoms with van der Waals surface area (Å²) in [6, 6.07) is 4.32. The van der Waals surface area contributed by atoms with Gasteiger partial charge in [-0.25, -0.2) is 4.79 Å². The number of amides is 2. The van der Waals surface area contributed by atoms with Gasteiger partial charge >= 0.3 is 12.5 Å². The monoisotopic (exact) mass is 404 g/mol. The van der Waals surface area contributed by atoms with Gasteiger partial charge in [0.1, 0.15) is 23.6 Å². The molecule has 1 aromatic rings. The number of carboxylic acid groups (broad SMARTS) is 1. The molecule has 0 unspecified atom stereocenters. The van der Waals surface area contributed by atoms with Crippen molar-refractivity contribution < 1.29 is 37.3 Å². The molecule has 0 saturated carbocycles. The smallest absolute Gasteiger partial charge is 0.490 e. The standard InChI is InChI=1S/C18H23F3N2O5/c1-11(2)15(22-17(25)26)16(24)23-9-7-13(8-10-23)27-12-3-5-14(6-4-12)28-18(19,20)21/h3-6,11,13,15,22H,7-10H2,1-2H3,(H,25,26)/t15-/m0/s1. The van der Waals surface area contributed by atoms with Gasteiger partial charge in [-0.3, -0.25) is 4.79 Å². The van der Waals surface area contributed by atoms with E-state index in [0.717, 1.165) is 0 Å². The number of ether oxygens (including phenoxy) is 2. The van der Waals surface area contributed by atoms with Crippen LogP contribution in [0.25, 0.3) is 0 Å². The molecule has 0 spiro atoms. The number of carbonyl (C=O) groups excluding carboxylic acids is 1. The third-order valence-corrected chi connectivity index (χ3v) is 4.33. The van der Waals surface area contributed by atoms with Gasteiger partial charge in [-0.15, -0.1) is 13.2 Å². The quantitative estimate of drug-likeness (QED) is 0.760. The van der Waals surface area contributed by atoms with Gasteiger partial charge in [0, 0.05) is 25.9 Å². The van der Waals surface area contributed by atoms with Gasteiger partial charge in [-0.1, -0.05) is 13.8 Å². The van der Waals surface area contributed by atoms with Crippen molar-refractivity contribution in [1.29, 1.82) is 0 Å². The van der Waals surface area contributed by atoms with Gasteiger partial charge in [0.2, 0.25) is 5.91 Å². The highest BCUT2D eigenvalue weighted by atomic mass is 19.4. The second kappa shape index (κ2) is 9.03. The van der Waals surface area contributed by atoms with Crippen LogP contribution in [0, 0.1) is 5.92 Å². The summed E-state index contributed by atoms with van der Waals surface area (Å²) >= 11 is 0. The summed E-state index contributed by atoms with van der Waals surface area (Å²) in [5, 5.41) is 11.1. The number of carbonyl (C=O) groups is 2. The molecular weight excluding hydrogens is 381 g/mol. The molecule has 1 atom stereocenters. The molecule has 1 saturated heterocycles. The van der Waals surface area contributed by atoms with Gasteiger partial charge in [0.15, 0.2) is 0 Å². The first-order valence-corrected chi connectivity index (χ1v) is 8.86. The van der Waals surface area contributed by atoms with E-state index < -0.39 is 18.5 Å². The molecule has 156 valence electrons. The van der Waals surface area contributed by atoms with Gasteiger partial charge in [0.25, 0.3) is 0 Å². The number of hydrogen-bond acceptors (Lipinski definition) is 4. The molecule has 1 aromatic carbocycles. The Balaban J connectivity index is 1.86. The fourth-order valence-electron chi connectivity index (χ4n) is 2.95. The first-order valence-electron chi connectivity index (χ1n) is 8.86. The Morgan fingerprint density at radius 3 is 2.14 bits per heavy atom. The molecular formula is C18H23F3N2O5. The lowest BCUT2D eigenvalue weighted by Gasteiger charge is -2.35. The molecule has 2 rings (SSSR count). The molecule has 10 heteroatoms. The minimum atomic E-state index is -4.74. The van der Waals surface area contributed by atoms with E-state index in [0.29, 0.717) is 31.7 Å². The topological polar surface area (TPSA) is 88.1 Å². The summed E-state index contributed by atoms with van der Waals surface area (Å²) in [6.45, 7) is 4.34. The fraction of sp³-hybridized carbons (Fsp3) is 0.556. The first-order chi connectivity index (χ1) is 13.0. The first kappa shape index (κ1) is 21.6. The summed E-state index contributed by atoms with van der Waals surface area (Å²) in [7, 11) is 0. The number of likely N-dealkylation sites (tertiary alicyclic amines) is 1. The number of piperidine rings is 1. The molecule has 2 N–H and O–H groups in total. The normalized spacial score (nSPS) is 16.6. The Morgan fingerprint density at radius 2 is 1.68 bits per heavy atom. The predicted molar refractivity (Wildman–Crippen MR) is 93.1 cm³/mol. The van der Waals surface area contributed by atoms with E-state index in [1.807, 2.05) is 0 Å². The van der Waals surface area contributed by atoms with Crippen LogP contribution in [0.15, 0.2) is 24.3 Å². The minimum absolute atomic E-state index is 0.185. The number of nitrogens with one attached hydrogen (secondary N) is 1. The zero-order chi connectivity index (χ0) is 20.9. The minimum Gasteiger partial charge on any atom is -0.490 e. The van der Waals surface area contributed by atoms with Crippen molar-refractivity contribution in [1.82, 2.24) is 10.2 Å². The molecule has 1 aliphatic rings. The summed E-state index contributed by atoms with van der Waals surface area (Å²) < 4.78 is 46.1. The second-order valence-corrected chi connectivity index (χ2v) is 6.83. The van der Waals surface area contributed by atoms with E-state index in [4.69, 9.17) is 9.84 Å². The number of rotatable bonds is 6. The van der Waals surface area contributed by atoms with Crippen LogP contribution in [0.5, 0.6) is 11.5 Å². The average molecular weight is 404 g/mol. The van der Waals surface area contributed by atoms with Gasteiger partial charge in [0.05, 0.1) is 0 Å². The lowest BCUT2D eigenvalue weighted by atomic mass is 10.0. The van der Waals surface area contributed by atoms with E-state index >= 15 is 0 Å². The highest BCUT2D eigenvalue weighted by molar-refractivity contribution is 5.85. The summed E-state index contributed by atoms with van der Waals surface area (Å²) in [6.07, 6.45) is -5.12. The number of alkyl halides is 3. The molecule has 0 aliphatic carbocycles. The maximum Gasteiger partial charge on any atom is 0.573 e. The van der Waals surface area contributed by atoms with Crippen molar-refractivity contribution in [2.24, 2.45) is 5.92 Å². The molecule has 2 amide bonds. The highest BCUT2D eigenvalue weighted by Gasteiger charge is 2.32. The van der Waals surface area contributed by atoms with Gasteiger partial charge in [-0.05, 0) is 30.2 Å². The van der Waals surface area contributed by atoms with E-state index in [9.17, 15) is 22.8 Å². The zero-order valence-electron chi connectivity index (χ0n) is 15.5. The Morgan fingerprint density at radius 1 is 1.14 bits per heavy atom. The fourth-order valence-corrected chi connectivity index (χ4v) is 2.95. The van der Waals surface area contributed by atoms with Gasteiger partial charge in [-0.2, -0.15) is 0 Å². The third kappa shape index (κ3) is 6.50.